The molecule has 0 aliphatic carbocycles. The number of pyridine rings is 1. The summed E-state index contributed by atoms with van der Waals surface area (Å²) < 4.78 is 51.3. The second kappa shape index (κ2) is 3.32. The quantitative estimate of drug-likeness (QED) is 0.567. The van der Waals surface area contributed by atoms with Crippen LogP contribution in [-0.2, 0) is 0 Å². The van der Waals surface area contributed by atoms with Crippen molar-refractivity contribution < 1.29 is 22.3 Å². The van der Waals surface area contributed by atoms with Crippen LogP contribution in [0.1, 0.15) is 5.56 Å². The first kappa shape index (κ1) is 10.6. The van der Waals surface area contributed by atoms with Crippen molar-refractivity contribution in [2.75, 3.05) is 0 Å². The second-order valence-electron chi connectivity index (χ2n) is 2.48. The van der Waals surface area contributed by atoms with Crippen molar-refractivity contribution in [2.45, 2.75) is 13.3 Å². The highest BCUT2D eigenvalue weighted by Gasteiger charge is 2.32. The minimum atomic E-state index is -4.94. The van der Waals surface area contributed by atoms with Crippen molar-refractivity contribution in [3.05, 3.63) is 27.9 Å². The third-order valence-electron chi connectivity index (χ3n) is 1.42. The minimum Gasteiger partial charge on any atom is -0.405 e. The first-order valence-electron chi connectivity index (χ1n) is 3.45. The maximum absolute atomic E-state index is 12.7. The molecule has 1 aromatic heterocycles. The van der Waals surface area contributed by atoms with E-state index >= 15 is 0 Å². The van der Waals surface area contributed by atoms with Gasteiger partial charge in [-0.05, 0) is 6.92 Å². The van der Waals surface area contributed by atoms with Gasteiger partial charge in [0.2, 0.25) is 5.95 Å². The average molecular weight is 211 g/mol. The summed E-state index contributed by atoms with van der Waals surface area (Å²) in [5, 5.41) is 0. The molecule has 14 heavy (non-hydrogen) atoms. The number of rotatable bonds is 1. The summed E-state index contributed by atoms with van der Waals surface area (Å²) in [7, 11) is 0. The molecule has 7 heteroatoms. The molecule has 0 aromatic carbocycles. The second-order valence-corrected chi connectivity index (χ2v) is 2.48. The van der Waals surface area contributed by atoms with Crippen molar-refractivity contribution in [1.82, 2.24) is 4.98 Å². The molecule has 1 heterocycles. The van der Waals surface area contributed by atoms with E-state index in [2.05, 4.69) is 4.74 Å². The zero-order valence-corrected chi connectivity index (χ0v) is 6.91. The van der Waals surface area contributed by atoms with Crippen LogP contribution in [0.3, 0.4) is 0 Å². The van der Waals surface area contributed by atoms with Gasteiger partial charge in [-0.2, -0.15) is 4.39 Å². The van der Waals surface area contributed by atoms with Crippen molar-refractivity contribution in [1.29, 1.82) is 0 Å². The highest BCUT2D eigenvalue weighted by atomic mass is 19.4. The first-order chi connectivity index (χ1) is 6.29. The molecule has 1 N–H and O–H groups in total. The van der Waals surface area contributed by atoms with E-state index in [1.807, 2.05) is 0 Å². The predicted octanol–water partition coefficient (Wildman–Crippen LogP) is 1.72. The lowest BCUT2D eigenvalue weighted by Gasteiger charge is -2.10. The SMILES string of the molecule is Cc1c(OC(F)(F)F)cc(=O)[nH]c1F. The monoisotopic (exact) mass is 211 g/mol. The molecule has 1 rings (SSSR count). The van der Waals surface area contributed by atoms with Crippen molar-refractivity contribution in [3.8, 4) is 5.75 Å². The van der Waals surface area contributed by atoms with Gasteiger partial charge in [0.1, 0.15) is 5.75 Å². The van der Waals surface area contributed by atoms with Crippen LogP contribution in [0.5, 0.6) is 5.75 Å². The Kier molecular flexibility index (Phi) is 2.50. The molecule has 78 valence electrons. The lowest BCUT2D eigenvalue weighted by molar-refractivity contribution is -0.275. The number of H-pyrrole nitrogens is 1. The summed E-state index contributed by atoms with van der Waals surface area (Å²) in [5.41, 5.74) is -1.39. The van der Waals surface area contributed by atoms with E-state index in [9.17, 15) is 22.4 Å². The van der Waals surface area contributed by atoms with Crippen LogP contribution in [0.4, 0.5) is 17.6 Å². The van der Waals surface area contributed by atoms with Crippen LogP contribution < -0.4 is 10.3 Å². The molecular formula is C7H5F4NO2. The zero-order chi connectivity index (χ0) is 10.9. The van der Waals surface area contributed by atoms with Gasteiger partial charge in [0, 0.05) is 11.6 Å². The topological polar surface area (TPSA) is 42.1 Å². The van der Waals surface area contributed by atoms with E-state index in [1.54, 1.807) is 4.98 Å². The Bertz CT molecular complexity index is 396. The van der Waals surface area contributed by atoms with Gasteiger partial charge in [-0.25, -0.2) is 0 Å². The number of hydrogen-bond donors (Lipinski definition) is 1. The Hall–Kier alpha value is -1.53. The fourth-order valence-electron chi connectivity index (χ4n) is 0.804. The third-order valence-corrected chi connectivity index (χ3v) is 1.42. The maximum atomic E-state index is 12.7. The number of ether oxygens (including phenoxy) is 1. The van der Waals surface area contributed by atoms with Crippen LogP contribution in [0.25, 0.3) is 0 Å². The van der Waals surface area contributed by atoms with E-state index < -0.39 is 29.2 Å². The summed E-state index contributed by atoms with van der Waals surface area (Å²) in [6.07, 6.45) is -4.94. The molecule has 1 aromatic rings. The van der Waals surface area contributed by atoms with Gasteiger partial charge in [0.15, 0.2) is 0 Å². The largest absolute Gasteiger partial charge is 0.573 e. The molecule has 0 radical (unpaired) electrons. The van der Waals surface area contributed by atoms with Gasteiger partial charge < -0.3 is 4.74 Å². The number of aromatic nitrogens is 1. The van der Waals surface area contributed by atoms with Crippen molar-refractivity contribution in [2.24, 2.45) is 0 Å². The summed E-state index contributed by atoms with van der Waals surface area (Å²) >= 11 is 0. The predicted molar refractivity (Wildman–Crippen MR) is 38.4 cm³/mol. The fraction of sp³-hybridized carbons (Fsp3) is 0.286. The lowest BCUT2D eigenvalue weighted by atomic mass is 10.3. The van der Waals surface area contributed by atoms with Crippen molar-refractivity contribution in [3.63, 3.8) is 0 Å². The minimum absolute atomic E-state index is 0.401. The zero-order valence-electron chi connectivity index (χ0n) is 6.91. The van der Waals surface area contributed by atoms with Gasteiger partial charge in [-0.3, -0.25) is 9.78 Å². The van der Waals surface area contributed by atoms with E-state index in [0.717, 1.165) is 6.92 Å². The van der Waals surface area contributed by atoms with Gasteiger partial charge in [0.05, 0.1) is 0 Å². The van der Waals surface area contributed by atoms with Crippen molar-refractivity contribution >= 4 is 0 Å². The summed E-state index contributed by atoms with van der Waals surface area (Å²) in [4.78, 5) is 12.3. The summed E-state index contributed by atoms with van der Waals surface area (Å²) in [6.45, 7) is 1.06. The van der Waals surface area contributed by atoms with Gasteiger partial charge >= 0.3 is 6.36 Å². The van der Waals surface area contributed by atoms with E-state index in [-0.39, 0.29) is 0 Å². The molecule has 3 nitrogen and oxygen atoms in total. The maximum Gasteiger partial charge on any atom is 0.573 e. The highest BCUT2D eigenvalue weighted by molar-refractivity contribution is 5.29. The number of hydrogen-bond acceptors (Lipinski definition) is 2. The molecule has 0 spiro atoms. The molecule has 0 amide bonds. The van der Waals surface area contributed by atoms with Crippen LogP contribution >= 0.6 is 0 Å². The van der Waals surface area contributed by atoms with Gasteiger partial charge in [-0.15, -0.1) is 13.2 Å². The summed E-state index contributed by atoms with van der Waals surface area (Å²) in [5.74, 6) is -1.98. The third kappa shape index (κ3) is 2.48. The van der Waals surface area contributed by atoms with Gasteiger partial charge in [-0.1, -0.05) is 0 Å². The average Bonchev–Trinajstić information content (AvgIpc) is 1.96. The standard InChI is InChI=1S/C7H5F4NO2/c1-3-4(14-7(9,10)11)2-5(13)12-6(3)8/h2H,1H3,(H,12,13). The van der Waals surface area contributed by atoms with E-state index in [4.69, 9.17) is 0 Å². The first-order valence-corrected chi connectivity index (χ1v) is 3.45. The molecule has 0 aliphatic heterocycles. The Morgan fingerprint density at radius 2 is 2.00 bits per heavy atom. The summed E-state index contributed by atoms with van der Waals surface area (Å²) in [6, 6.07) is 0.534. The highest BCUT2D eigenvalue weighted by Crippen LogP contribution is 2.24. The fourth-order valence-corrected chi connectivity index (χ4v) is 0.804. The molecule has 0 unspecified atom stereocenters. The van der Waals surface area contributed by atoms with Crippen LogP contribution in [-0.4, -0.2) is 11.3 Å². The molecule has 0 saturated heterocycles. The molecular weight excluding hydrogens is 206 g/mol. The smallest absolute Gasteiger partial charge is 0.405 e. The molecule has 0 fully saturated rings. The van der Waals surface area contributed by atoms with Crippen LogP contribution in [0, 0.1) is 12.9 Å². The van der Waals surface area contributed by atoms with Crippen LogP contribution in [0.2, 0.25) is 0 Å². The Balaban J connectivity index is 3.15. The molecule has 0 atom stereocenters. The van der Waals surface area contributed by atoms with E-state index in [1.165, 1.54) is 0 Å². The van der Waals surface area contributed by atoms with Crippen LogP contribution in [0.15, 0.2) is 10.9 Å². The number of nitrogens with one attached hydrogen (secondary N) is 1. The van der Waals surface area contributed by atoms with Gasteiger partial charge in [0.25, 0.3) is 5.56 Å². The van der Waals surface area contributed by atoms with E-state index in [0.29, 0.717) is 6.07 Å². The Morgan fingerprint density at radius 3 is 2.50 bits per heavy atom. The number of alkyl halides is 3. The normalized spacial score (nSPS) is 11.5. The Labute approximate surface area is 75.3 Å². The molecule has 0 bridgehead atoms. The number of aromatic amines is 1. The number of halogens is 4. The molecule has 0 saturated carbocycles. The lowest BCUT2D eigenvalue weighted by Crippen LogP contribution is -2.20. The molecule has 0 aliphatic rings. The Morgan fingerprint density at radius 1 is 1.43 bits per heavy atom.